The molecule has 0 bridgehead atoms. The zero-order valence-electron chi connectivity index (χ0n) is 18.5. The molecule has 2 aromatic carbocycles. The highest BCUT2D eigenvalue weighted by Gasteiger charge is 2.21. The van der Waals surface area contributed by atoms with Gasteiger partial charge >= 0.3 is 6.03 Å². The highest BCUT2D eigenvalue weighted by Crippen LogP contribution is 2.28. The molecule has 0 aliphatic rings. The van der Waals surface area contributed by atoms with Crippen molar-refractivity contribution in [2.75, 3.05) is 31.0 Å². The number of amides is 2. The Balaban J connectivity index is 1.90. The molecule has 3 rings (SSSR count). The smallest absolute Gasteiger partial charge is 0.327 e. The van der Waals surface area contributed by atoms with Crippen LogP contribution in [0.25, 0.3) is 0 Å². The van der Waals surface area contributed by atoms with E-state index in [4.69, 9.17) is 32.7 Å². The van der Waals surface area contributed by atoms with Gasteiger partial charge in [-0.1, -0.05) is 29.3 Å². The van der Waals surface area contributed by atoms with Gasteiger partial charge in [0.25, 0.3) is 0 Å². The molecule has 3 aromatic rings. The van der Waals surface area contributed by atoms with Crippen molar-refractivity contribution in [2.24, 2.45) is 0 Å². The number of nitrogens with zero attached hydrogens (tertiary/aromatic N) is 3. The largest absolute Gasteiger partial charge is 0.497 e. The summed E-state index contributed by atoms with van der Waals surface area (Å²) in [4.78, 5) is 23.5. The van der Waals surface area contributed by atoms with E-state index in [0.717, 1.165) is 0 Å². The van der Waals surface area contributed by atoms with Crippen molar-refractivity contribution >= 4 is 46.7 Å². The van der Waals surface area contributed by atoms with Crippen LogP contribution >= 0.6 is 23.2 Å². The highest BCUT2D eigenvalue weighted by molar-refractivity contribution is 6.36. The van der Waals surface area contributed by atoms with Crippen LogP contribution in [0.4, 0.5) is 22.2 Å². The molecular formula is C23H25Cl2N5O3. The monoisotopic (exact) mass is 489 g/mol. The molecule has 8 nitrogen and oxygen atoms in total. The molecular weight excluding hydrogens is 465 g/mol. The summed E-state index contributed by atoms with van der Waals surface area (Å²) in [5, 5.41) is 6.98. The van der Waals surface area contributed by atoms with Crippen LogP contribution in [0.15, 0.2) is 54.7 Å². The van der Waals surface area contributed by atoms with Crippen LogP contribution < -0.4 is 20.3 Å². The van der Waals surface area contributed by atoms with Crippen LogP contribution in [-0.2, 0) is 11.3 Å². The van der Waals surface area contributed by atoms with Crippen molar-refractivity contribution in [3.63, 3.8) is 0 Å². The Kier molecular flexibility index (Phi) is 8.71. The van der Waals surface area contributed by atoms with E-state index >= 15 is 0 Å². The fourth-order valence-corrected chi connectivity index (χ4v) is 3.62. The molecule has 0 spiro atoms. The number of ether oxygens (including phenoxy) is 2. The topological polar surface area (TPSA) is 88.6 Å². The summed E-state index contributed by atoms with van der Waals surface area (Å²) < 4.78 is 10.4. The van der Waals surface area contributed by atoms with Crippen LogP contribution in [-0.4, -0.2) is 42.9 Å². The molecule has 1 atom stereocenters. The summed E-state index contributed by atoms with van der Waals surface area (Å²) >= 11 is 12.5. The maximum atomic E-state index is 13.3. The van der Waals surface area contributed by atoms with Crippen molar-refractivity contribution in [3.8, 4) is 5.75 Å². The number of hydrogen-bond acceptors (Lipinski definition) is 6. The van der Waals surface area contributed by atoms with E-state index in [9.17, 15) is 4.79 Å². The Bertz CT molecular complexity index is 1060. The molecule has 0 saturated heterocycles. The fourth-order valence-electron chi connectivity index (χ4n) is 3.08. The number of aromatic nitrogens is 2. The van der Waals surface area contributed by atoms with Gasteiger partial charge in [0.1, 0.15) is 11.6 Å². The number of rotatable bonds is 9. The molecule has 0 aliphatic heterocycles. The zero-order valence-corrected chi connectivity index (χ0v) is 20.0. The Morgan fingerprint density at radius 1 is 1.09 bits per heavy atom. The molecule has 33 heavy (non-hydrogen) atoms. The summed E-state index contributed by atoms with van der Waals surface area (Å²) in [6.07, 6.45) is 1.58. The third-order valence-corrected chi connectivity index (χ3v) is 5.38. The van der Waals surface area contributed by atoms with E-state index < -0.39 is 6.03 Å². The lowest BCUT2D eigenvalue weighted by molar-refractivity contribution is 0.190. The number of hydrogen-bond donors (Lipinski definition) is 2. The van der Waals surface area contributed by atoms with E-state index in [2.05, 4.69) is 20.6 Å². The van der Waals surface area contributed by atoms with Crippen molar-refractivity contribution < 1.29 is 14.3 Å². The van der Waals surface area contributed by atoms with E-state index in [1.165, 1.54) is 4.90 Å². The van der Waals surface area contributed by atoms with Gasteiger partial charge in [-0.05, 0) is 43.3 Å². The second kappa shape index (κ2) is 11.7. The average molecular weight is 490 g/mol. The first-order chi connectivity index (χ1) is 15.9. The maximum Gasteiger partial charge on any atom is 0.327 e. The first-order valence-corrected chi connectivity index (χ1v) is 10.9. The zero-order chi connectivity index (χ0) is 23.8. The maximum absolute atomic E-state index is 13.3. The molecule has 1 aromatic heterocycles. The molecule has 174 valence electrons. The van der Waals surface area contributed by atoms with Gasteiger partial charge in [-0.2, -0.15) is 4.98 Å². The number of carbonyl (C=O) groups excluding carboxylic acids is 1. The van der Waals surface area contributed by atoms with Crippen molar-refractivity contribution in [2.45, 2.75) is 19.5 Å². The van der Waals surface area contributed by atoms with Crippen LogP contribution in [0.2, 0.25) is 10.0 Å². The van der Waals surface area contributed by atoms with Crippen LogP contribution in [0.1, 0.15) is 12.5 Å². The second-order valence-corrected chi connectivity index (χ2v) is 7.95. The first kappa shape index (κ1) is 24.6. The summed E-state index contributed by atoms with van der Waals surface area (Å²) in [5.74, 6) is 1.42. The Morgan fingerprint density at radius 2 is 1.79 bits per heavy atom. The fraction of sp³-hybridized carbons (Fsp3) is 0.261. The van der Waals surface area contributed by atoms with Crippen LogP contribution in [0, 0.1) is 0 Å². The number of carbonyl (C=O) groups is 1. The van der Waals surface area contributed by atoms with Crippen molar-refractivity contribution in [1.29, 1.82) is 0 Å². The summed E-state index contributed by atoms with van der Waals surface area (Å²) in [5.41, 5.74) is 1.22. The molecule has 0 saturated carbocycles. The summed E-state index contributed by atoms with van der Waals surface area (Å²) in [6.45, 7) is 2.57. The SMILES string of the molecule is COCC(C)Nc1nccc(N(C(=O)NCc2c(Cl)cccc2Cl)c2ccc(OC)cc2)n1. The quantitative estimate of drug-likeness (QED) is 0.424. The van der Waals surface area contributed by atoms with Gasteiger partial charge < -0.3 is 20.1 Å². The summed E-state index contributed by atoms with van der Waals surface area (Å²) in [7, 11) is 3.20. The highest BCUT2D eigenvalue weighted by atomic mass is 35.5. The predicted molar refractivity (Wildman–Crippen MR) is 131 cm³/mol. The number of halogens is 2. The minimum Gasteiger partial charge on any atom is -0.497 e. The van der Waals surface area contributed by atoms with Gasteiger partial charge in [-0.25, -0.2) is 14.7 Å². The lowest BCUT2D eigenvalue weighted by atomic mass is 10.2. The van der Waals surface area contributed by atoms with Crippen LogP contribution in [0.3, 0.4) is 0 Å². The first-order valence-electron chi connectivity index (χ1n) is 10.2. The predicted octanol–water partition coefficient (Wildman–Crippen LogP) is 5.29. The molecule has 2 N–H and O–H groups in total. The number of anilines is 3. The molecule has 10 heteroatoms. The molecule has 2 amide bonds. The number of methoxy groups -OCH3 is 2. The molecule has 1 heterocycles. The average Bonchev–Trinajstić information content (AvgIpc) is 2.80. The standard InChI is InChI=1S/C23H25Cl2N5O3/c1-15(14-32-2)28-22-26-12-11-21(29-22)30(16-7-9-17(33-3)10-8-16)23(31)27-13-18-19(24)5-4-6-20(18)25/h4-12,15H,13-14H2,1-3H3,(H,27,31)(H,26,28,29). The van der Waals surface area contributed by atoms with E-state index in [0.29, 0.717) is 45.4 Å². The number of nitrogens with one attached hydrogen (secondary N) is 2. The van der Waals surface area contributed by atoms with E-state index in [1.54, 1.807) is 68.9 Å². The van der Waals surface area contributed by atoms with Crippen molar-refractivity contribution in [3.05, 3.63) is 70.3 Å². The Hall–Kier alpha value is -3.07. The van der Waals surface area contributed by atoms with Gasteiger partial charge in [-0.15, -0.1) is 0 Å². The van der Waals surface area contributed by atoms with E-state index in [1.807, 2.05) is 6.92 Å². The van der Waals surface area contributed by atoms with Gasteiger partial charge in [0.2, 0.25) is 5.95 Å². The van der Waals surface area contributed by atoms with E-state index in [-0.39, 0.29) is 12.6 Å². The van der Waals surface area contributed by atoms with Crippen molar-refractivity contribution in [1.82, 2.24) is 15.3 Å². The third kappa shape index (κ3) is 6.47. The van der Waals surface area contributed by atoms with Gasteiger partial charge in [-0.3, -0.25) is 0 Å². The minimum atomic E-state index is -0.411. The molecule has 0 fully saturated rings. The lowest BCUT2D eigenvalue weighted by Gasteiger charge is -2.23. The molecule has 0 aliphatic carbocycles. The summed E-state index contributed by atoms with van der Waals surface area (Å²) in [6, 6.07) is 13.5. The molecule has 0 radical (unpaired) electrons. The molecule has 1 unspecified atom stereocenters. The van der Waals surface area contributed by atoms with Crippen LogP contribution in [0.5, 0.6) is 5.75 Å². The lowest BCUT2D eigenvalue weighted by Crippen LogP contribution is -2.37. The Labute approximate surface area is 202 Å². The number of benzene rings is 2. The third-order valence-electron chi connectivity index (χ3n) is 4.67. The number of urea groups is 1. The normalized spacial score (nSPS) is 11.5. The minimum absolute atomic E-state index is 0.0177. The van der Waals surface area contributed by atoms with Gasteiger partial charge in [0.15, 0.2) is 0 Å². The second-order valence-electron chi connectivity index (χ2n) is 7.13. The Morgan fingerprint density at radius 3 is 2.42 bits per heavy atom. The van der Waals surface area contributed by atoms with Gasteiger partial charge in [0, 0.05) is 47.6 Å². The van der Waals surface area contributed by atoms with Gasteiger partial charge in [0.05, 0.1) is 19.4 Å².